The van der Waals surface area contributed by atoms with Gasteiger partial charge in [-0.15, -0.1) is 0 Å². The Morgan fingerprint density at radius 3 is 2.52 bits per heavy atom. The van der Waals surface area contributed by atoms with Crippen LogP contribution in [0.3, 0.4) is 0 Å². The Balaban J connectivity index is 1.73. The second-order valence-corrected chi connectivity index (χ2v) is 7.24. The van der Waals surface area contributed by atoms with E-state index in [0.717, 1.165) is 22.1 Å². The molecule has 1 N–H and O–H groups in total. The molecule has 0 spiro atoms. The van der Waals surface area contributed by atoms with E-state index in [1.165, 1.54) is 20.3 Å². The topological polar surface area (TPSA) is 94.8 Å². The van der Waals surface area contributed by atoms with E-state index in [1.807, 2.05) is 43.3 Å². The molecule has 0 aliphatic heterocycles. The lowest BCUT2D eigenvalue weighted by atomic mass is 10.0. The number of carbonyl (C=O) groups is 2. The molecule has 3 rings (SSSR count). The number of nitrogens with one attached hydrogen (secondary N) is 1. The Hall–Kier alpha value is -3.61. The maximum absolute atomic E-state index is 12.6. The summed E-state index contributed by atoms with van der Waals surface area (Å²) in [4.78, 5) is 36.4. The first kappa shape index (κ1) is 22.1. The Morgan fingerprint density at radius 2 is 1.84 bits per heavy atom. The second-order valence-electron chi connectivity index (χ2n) is 7.24. The van der Waals surface area contributed by atoms with Crippen LogP contribution in [0.4, 0.5) is 0 Å². The minimum atomic E-state index is -0.769. The van der Waals surface area contributed by atoms with Crippen molar-refractivity contribution < 1.29 is 23.5 Å². The van der Waals surface area contributed by atoms with Crippen molar-refractivity contribution in [2.75, 3.05) is 14.2 Å². The number of carbonyl (C=O) groups excluding carboxylic acids is 2. The predicted octanol–water partition coefficient (Wildman–Crippen LogP) is 2.94. The van der Waals surface area contributed by atoms with E-state index in [1.54, 1.807) is 6.07 Å². The summed E-state index contributed by atoms with van der Waals surface area (Å²) in [6.07, 6.45) is 0.888. The molecule has 0 fully saturated rings. The highest BCUT2D eigenvalue weighted by atomic mass is 16.5. The second kappa shape index (κ2) is 9.93. The number of amides is 1. The van der Waals surface area contributed by atoms with Crippen molar-refractivity contribution in [2.45, 2.75) is 32.2 Å². The molecular formula is C24H25NO6. The quantitative estimate of drug-likeness (QED) is 0.442. The Morgan fingerprint density at radius 1 is 1.10 bits per heavy atom. The van der Waals surface area contributed by atoms with Gasteiger partial charge in [-0.25, -0.2) is 9.59 Å². The molecule has 7 nitrogen and oxygen atoms in total. The van der Waals surface area contributed by atoms with Crippen LogP contribution in [-0.2, 0) is 27.2 Å². The van der Waals surface area contributed by atoms with E-state index in [2.05, 4.69) is 5.32 Å². The Bertz CT molecular complexity index is 1140. The SMILES string of the molecule is COC(=O)[C@H](Cc1ccccc1)NC(=O)CCc1cc2c(C)cc(=O)oc2cc1OC. The molecule has 1 amide bonds. The smallest absolute Gasteiger partial charge is 0.336 e. The summed E-state index contributed by atoms with van der Waals surface area (Å²) in [6.45, 7) is 1.83. The van der Waals surface area contributed by atoms with Crippen LogP contribution in [0.1, 0.15) is 23.1 Å². The van der Waals surface area contributed by atoms with Crippen LogP contribution in [-0.4, -0.2) is 32.1 Å². The van der Waals surface area contributed by atoms with Crippen LogP contribution < -0.4 is 15.7 Å². The summed E-state index contributed by atoms with van der Waals surface area (Å²) in [5, 5.41) is 3.55. The maximum atomic E-state index is 12.6. The third-order valence-corrected chi connectivity index (χ3v) is 5.08. The highest BCUT2D eigenvalue weighted by molar-refractivity contribution is 5.85. The molecule has 162 valence electrons. The molecule has 0 aliphatic carbocycles. The predicted molar refractivity (Wildman–Crippen MR) is 116 cm³/mol. The van der Waals surface area contributed by atoms with E-state index in [0.29, 0.717) is 24.2 Å². The monoisotopic (exact) mass is 423 g/mol. The molecule has 2 aromatic carbocycles. The number of methoxy groups -OCH3 is 2. The molecule has 31 heavy (non-hydrogen) atoms. The zero-order valence-electron chi connectivity index (χ0n) is 17.8. The van der Waals surface area contributed by atoms with Gasteiger partial charge in [0.1, 0.15) is 17.4 Å². The molecule has 0 bridgehead atoms. The van der Waals surface area contributed by atoms with Crippen molar-refractivity contribution >= 4 is 22.8 Å². The van der Waals surface area contributed by atoms with E-state index in [4.69, 9.17) is 13.9 Å². The van der Waals surface area contributed by atoms with Gasteiger partial charge >= 0.3 is 11.6 Å². The first-order chi connectivity index (χ1) is 14.9. The molecule has 0 saturated heterocycles. The van der Waals surface area contributed by atoms with E-state index >= 15 is 0 Å². The number of aryl methyl sites for hydroxylation is 2. The molecule has 7 heteroatoms. The van der Waals surface area contributed by atoms with Gasteiger partial charge in [0, 0.05) is 30.4 Å². The third-order valence-electron chi connectivity index (χ3n) is 5.08. The summed E-state index contributed by atoms with van der Waals surface area (Å²) >= 11 is 0. The average molecular weight is 423 g/mol. The number of hydrogen-bond acceptors (Lipinski definition) is 6. The summed E-state index contributed by atoms with van der Waals surface area (Å²) < 4.78 is 15.5. The molecule has 0 aliphatic rings. The third kappa shape index (κ3) is 5.51. The van der Waals surface area contributed by atoms with E-state index in [-0.39, 0.29) is 12.3 Å². The van der Waals surface area contributed by atoms with Gasteiger partial charge in [0.2, 0.25) is 5.91 Å². The van der Waals surface area contributed by atoms with E-state index < -0.39 is 17.6 Å². The van der Waals surface area contributed by atoms with Crippen LogP contribution in [0, 0.1) is 6.92 Å². The largest absolute Gasteiger partial charge is 0.496 e. The zero-order chi connectivity index (χ0) is 22.4. The lowest BCUT2D eigenvalue weighted by Crippen LogP contribution is -2.43. The van der Waals surface area contributed by atoms with Gasteiger partial charge in [0.25, 0.3) is 0 Å². The zero-order valence-corrected chi connectivity index (χ0v) is 17.8. The minimum Gasteiger partial charge on any atom is -0.496 e. The van der Waals surface area contributed by atoms with Crippen LogP contribution >= 0.6 is 0 Å². The summed E-state index contributed by atoms with van der Waals surface area (Å²) in [5.74, 6) is -0.237. The maximum Gasteiger partial charge on any atom is 0.336 e. The molecule has 1 atom stereocenters. The van der Waals surface area contributed by atoms with Gasteiger partial charge in [-0.05, 0) is 36.1 Å². The fourth-order valence-corrected chi connectivity index (χ4v) is 3.48. The fourth-order valence-electron chi connectivity index (χ4n) is 3.48. The van der Waals surface area contributed by atoms with Crippen molar-refractivity contribution in [3.05, 3.63) is 75.6 Å². The van der Waals surface area contributed by atoms with Crippen LogP contribution in [0.15, 0.2) is 57.7 Å². The fraction of sp³-hybridized carbons (Fsp3) is 0.292. The number of hydrogen-bond donors (Lipinski definition) is 1. The van der Waals surface area contributed by atoms with Crippen molar-refractivity contribution in [1.29, 1.82) is 0 Å². The lowest BCUT2D eigenvalue weighted by molar-refractivity contribution is -0.145. The van der Waals surface area contributed by atoms with Gasteiger partial charge in [-0.3, -0.25) is 4.79 Å². The molecule has 1 heterocycles. The van der Waals surface area contributed by atoms with Crippen LogP contribution in [0.25, 0.3) is 11.0 Å². The number of fused-ring (bicyclic) bond motifs is 1. The molecule has 3 aromatic rings. The van der Waals surface area contributed by atoms with Crippen LogP contribution in [0.5, 0.6) is 5.75 Å². The Kier molecular flexibility index (Phi) is 7.07. The lowest BCUT2D eigenvalue weighted by Gasteiger charge is -2.17. The van der Waals surface area contributed by atoms with Crippen molar-refractivity contribution in [2.24, 2.45) is 0 Å². The van der Waals surface area contributed by atoms with Gasteiger partial charge in [-0.2, -0.15) is 0 Å². The number of rotatable bonds is 8. The molecule has 0 unspecified atom stereocenters. The molecular weight excluding hydrogens is 398 g/mol. The Labute approximate surface area is 180 Å². The van der Waals surface area contributed by atoms with Crippen molar-refractivity contribution in [3.63, 3.8) is 0 Å². The van der Waals surface area contributed by atoms with Crippen molar-refractivity contribution in [3.8, 4) is 5.75 Å². The van der Waals surface area contributed by atoms with Crippen LogP contribution in [0.2, 0.25) is 0 Å². The van der Waals surface area contributed by atoms with E-state index in [9.17, 15) is 14.4 Å². The average Bonchev–Trinajstić information content (AvgIpc) is 2.76. The number of benzene rings is 2. The summed E-state index contributed by atoms with van der Waals surface area (Å²) in [7, 11) is 2.82. The van der Waals surface area contributed by atoms with Gasteiger partial charge in [0.05, 0.1) is 14.2 Å². The first-order valence-corrected chi connectivity index (χ1v) is 9.93. The first-order valence-electron chi connectivity index (χ1n) is 9.93. The standard InChI is InChI=1S/C24H25NO6/c1-15-11-23(27)31-21-14-20(29-2)17(13-18(15)21)9-10-22(26)25-19(24(28)30-3)12-16-7-5-4-6-8-16/h4-8,11,13-14,19H,9-10,12H2,1-3H3,(H,25,26)/t19-/m0/s1. The molecule has 0 radical (unpaired) electrons. The molecule has 0 saturated carbocycles. The highest BCUT2D eigenvalue weighted by Gasteiger charge is 2.22. The summed E-state index contributed by atoms with van der Waals surface area (Å²) in [6, 6.07) is 13.6. The minimum absolute atomic E-state index is 0.153. The van der Waals surface area contributed by atoms with Gasteiger partial charge < -0.3 is 19.2 Å². The van der Waals surface area contributed by atoms with Gasteiger partial charge in [0.15, 0.2) is 0 Å². The number of ether oxygens (including phenoxy) is 2. The highest BCUT2D eigenvalue weighted by Crippen LogP contribution is 2.28. The molecule has 1 aromatic heterocycles. The normalized spacial score (nSPS) is 11.7. The number of esters is 1. The van der Waals surface area contributed by atoms with Crippen molar-refractivity contribution in [1.82, 2.24) is 5.32 Å². The van der Waals surface area contributed by atoms with Gasteiger partial charge in [-0.1, -0.05) is 30.3 Å². The summed E-state index contributed by atoms with van der Waals surface area (Å²) in [5.41, 5.74) is 2.52.